The molecule has 0 aliphatic carbocycles. The zero-order valence-electron chi connectivity index (χ0n) is 10.2. The lowest BCUT2D eigenvalue weighted by Crippen LogP contribution is -1.93. The number of aryl methyl sites for hydroxylation is 1. The molecule has 3 rings (SSSR count). The van der Waals surface area contributed by atoms with Crippen LogP contribution in [0, 0.1) is 0 Å². The molecule has 0 bridgehead atoms. The van der Waals surface area contributed by atoms with E-state index in [4.69, 9.17) is 17.3 Å². The molecule has 0 unspecified atom stereocenters. The van der Waals surface area contributed by atoms with Crippen molar-refractivity contribution in [3.8, 4) is 11.4 Å². The van der Waals surface area contributed by atoms with Crippen molar-refractivity contribution in [1.29, 1.82) is 0 Å². The van der Waals surface area contributed by atoms with Gasteiger partial charge in [-0.05, 0) is 52.3 Å². The van der Waals surface area contributed by atoms with E-state index in [9.17, 15) is 0 Å². The normalized spacial score (nSPS) is 11.1. The van der Waals surface area contributed by atoms with E-state index in [0.717, 1.165) is 26.9 Å². The largest absolute Gasteiger partial charge is 0.398 e. The Hall–Kier alpha value is -1.52. The number of fused-ring (bicyclic) bond motifs is 1. The van der Waals surface area contributed by atoms with Gasteiger partial charge < -0.3 is 10.3 Å². The van der Waals surface area contributed by atoms with Gasteiger partial charge in [0.25, 0.3) is 0 Å². The fourth-order valence-corrected chi connectivity index (χ4v) is 2.63. The second kappa shape index (κ2) is 4.54. The summed E-state index contributed by atoms with van der Waals surface area (Å²) in [5.74, 6) is 0.887. The Morgan fingerprint density at radius 1 is 1.21 bits per heavy atom. The van der Waals surface area contributed by atoms with Gasteiger partial charge in [-0.2, -0.15) is 0 Å². The van der Waals surface area contributed by atoms with Crippen molar-refractivity contribution < 1.29 is 0 Å². The third kappa shape index (κ3) is 2.11. The zero-order chi connectivity index (χ0) is 13.6. The van der Waals surface area contributed by atoms with Crippen LogP contribution in [0.15, 0.2) is 40.9 Å². The minimum Gasteiger partial charge on any atom is -0.398 e. The summed E-state index contributed by atoms with van der Waals surface area (Å²) in [6.45, 7) is 0. The first-order valence-corrected chi connectivity index (χ1v) is 6.91. The molecule has 2 aromatic carbocycles. The summed E-state index contributed by atoms with van der Waals surface area (Å²) >= 11 is 9.47. The van der Waals surface area contributed by atoms with Gasteiger partial charge in [-0.3, -0.25) is 0 Å². The molecule has 5 heteroatoms. The molecule has 19 heavy (non-hydrogen) atoms. The highest BCUT2D eigenvalue weighted by Crippen LogP contribution is 2.29. The van der Waals surface area contributed by atoms with Crippen molar-refractivity contribution in [2.24, 2.45) is 7.05 Å². The van der Waals surface area contributed by atoms with Crippen LogP contribution in [0.5, 0.6) is 0 Å². The summed E-state index contributed by atoms with van der Waals surface area (Å²) in [6, 6.07) is 11.5. The van der Waals surface area contributed by atoms with Crippen LogP contribution in [0.25, 0.3) is 22.4 Å². The molecule has 0 radical (unpaired) electrons. The minimum atomic E-state index is 0.709. The maximum atomic E-state index is 6.03. The Balaban J connectivity index is 2.24. The van der Waals surface area contributed by atoms with Gasteiger partial charge >= 0.3 is 0 Å². The molecular formula is C14H11BrClN3. The number of imidazole rings is 1. The highest BCUT2D eigenvalue weighted by molar-refractivity contribution is 9.10. The van der Waals surface area contributed by atoms with Crippen LogP contribution >= 0.6 is 27.5 Å². The third-order valence-corrected chi connectivity index (χ3v) is 4.02. The molecule has 0 aliphatic heterocycles. The predicted molar refractivity (Wildman–Crippen MR) is 83.3 cm³/mol. The Labute approximate surface area is 124 Å². The second-order valence-electron chi connectivity index (χ2n) is 4.36. The zero-order valence-corrected chi connectivity index (χ0v) is 12.5. The molecule has 0 saturated carbocycles. The predicted octanol–water partition coefficient (Wildman–Crippen LogP) is 4.24. The standard InChI is InChI=1S/C14H11BrClN3/c1-19-13-7-9(16)3-5-12(13)18-14(19)8-2-4-11(17)10(15)6-8/h2-7H,17H2,1H3. The maximum Gasteiger partial charge on any atom is 0.140 e. The van der Waals surface area contributed by atoms with E-state index in [1.807, 2.05) is 48.0 Å². The number of anilines is 1. The molecule has 2 N–H and O–H groups in total. The molecule has 0 spiro atoms. The number of nitrogens with two attached hydrogens (primary N) is 1. The first kappa shape index (κ1) is 12.5. The van der Waals surface area contributed by atoms with Gasteiger partial charge in [0.2, 0.25) is 0 Å². The first-order chi connectivity index (χ1) is 9.06. The van der Waals surface area contributed by atoms with Crippen LogP contribution in [0.3, 0.4) is 0 Å². The summed E-state index contributed by atoms with van der Waals surface area (Å²) in [5.41, 5.74) is 9.47. The number of rotatable bonds is 1. The van der Waals surface area contributed by atoms with Gasteiger partial charge in [0.05, 0.1) is 11.0 Å². The highest BCUT2D eigenvalue weighted by Gasteiger charge is 2.11. The fraction of sp³-hybridized carbons (Fsp3) is 0.0714. The molecule has 1 aromatic heterocycles. The lowest BCUT2D eigenvalue weighted by atomic mass is 10.2. The van der Waals surface area contributed by atoms with E-state index in [0.29, 0.717) is 10.7 Å². The van der Waals surface area contributed by atoms with Crippen molar-refractivity contribution in [2.75, 3.05) is 5.73 Å². The molecular weight excluding hydrogens is 326 g/mol. The molecule has 0 saturated heterocycles. The van der Waals surface area contributed by atoms with Crippen molar-refractivity contribution in [1.82, 2.24) is 9.55 Å². The number of halogens is 2. The SMILES string of the molecule is Cn1c(-c2ccc(N)c(Br)c2)nc2ccc(Cl)cc21. The van der Waals surface area contributed by atoms with Crippen molar-refractivity contribution in [2.45, 2.75) is 0 Å². The van der Waals surface area contributed by atoms with E-state index in [1.54, 1.807) is 0 Å². The fourth-order valence-electron chi connectivity index (χ4n) is 2.09. The smallest absolute Gasteiger partial charge is 0.140 e. The Kier molecular flexibility index (Phi) is 2.99. The number of aromatic nitrogens is 2. The minimum absolute atomic E-state index is 0.709. The third-order valence-electron chi connectivity index (χ3n) is 3.10. The van der Waals surface area contributed by atoms with E-state index in [2.05, 4.69) is 20.9 Å². The molecule has 0 amide bonds. The van der Waals surface area contributed by atoms with Gasteiger partial charge in [0.1, 0.15) is 5.82 Å². The van der Waals surface area contributed by atoms with E-state index < -0.39 is 0 Å². The molecule has 3 aromatic rings. The van der Waals surface area contributed by atoms with E-state index in [-0.39, 0.29) is 0 Å². The van der Waals surface area contributed by atoms with Gasteiger partial charge in [0, 0.05) is 27.8 Å². The Morgan fingerprint density at radius 2 is 2.00 bits per heavy atom. The van der Waals surface area contributed by atoms with Gasteiger partial charge in [-0.15, -0.1) is 0 Å². The van der Waals surface area contributed by atoms with Crippen LogP contribution in [0.2, 0.25) is 5.02 Å². The van der Waals surface area contributed by atoms with E-state index in [1.165, 1.54) is 0 Å². The van der Waals surface area contributed by atoms with Gasteiger partial charge in [-0.25, -0.2) is 4.98 Å². The molecule has 3 nitrogen and oxygen atoms in total. The monoisotopic (exact) mass is 335 g/mol. The number of nitrogens with zero attached hydrogens (tertiary/aromatic N) is 2. The van der Waals surface area contributed by atoms with Gasteiger partial charge in [-0.1, -0.05) is 11.6 Å². The number of nitrogen functional groups attached to an aromatic ring is 1. The Bertz CT molecular complexity index is 780. The summed E-state index contributed by atoms with van der Waals surface area (Å²) in [7, 11) is 1.98. The average Bonchev–Trinajstić information content (AvgIpc) is 2.70. The summed E-state index contributed by atoms with van der Waals surface area (Å²) in [5, 5.41) is 0.709. The summed E-state index contributed by atoms with van der Waals surface area (Å²) in [6.07, 6.45) is 0. The first-order valence-electron chi connectivity index (χ1n) is 5.73. The van der Waals surface area contributed by atoms with Crippen molar-refractivity contribution in [3.63, 3.8) is 0 Å². The molecule has 96 valence electrons. The van der Waals surface area contributed by atoms with Crippen LogP contribution < -0.4 is 5.73 Å². The highest BCUT2D eigenvalue weighted by atomic mass is 79.9. The molecule has 0 fully saturated rings. The van der Waals surface area contributed by atoms with E-state index >= 15 is 0 Å². The number of hydrogen-bond acceptors (Lipinski definition) is 2. The van der Waals surface area contributed by atoms with Crippen LogP contribution in [-0.2, 0) is 7.05 Å². The van der Waals surface area contributed by atoms with Crippen molar-refractivity contribution in [3.05, 3.63) is 45.9 Å². The Morgan fingerprint density at radius 3 is 2.74 bits per heavy atom. The molecule has 0 atom stereocenters. The average molecular weight is 337 g/mol. The summed E-state index contributed by atoms with van der Waals surface area (Å²) in [4.78, 5) is 4.64. The van der Waals surface area contributed by atoms with Crippen LogP contribution in [-0.4, -0.2) is 9.55 Å². The lowest BCUT2D eigenvalue weighted by molar-refractivity contribution is 0.959. The van der Waals surface area contributed by atoms with Gasteiger partial charge in [0.15, 0.2) is 0 Å². The molecule has 0 aliphatic rings. The van der Waals surface area contributed by atoms with Crippen molar-refractivity contribution >= 4 is 44.3 Å². The van der Waals surface area contributed by atoms with Crippen LogP contribution in [0.4, 0.5) is 5.69 Å². The van der Waals surface area contributed by atoms with Crippen LogP contribution in [0.1, 0.15) is 0 Å². The number of hydrogen-bond donors (Lipinski definition) is 1. The molecule has 1 heterocycles. The topological polar surface area (TPSA) is 43.8 Å². The number of benzene rings is 2. The summed E-state index contributed by atoms with van der Waals surface area (Å²) < 4.78 is 2.90. The quantitative estimate of drug-likeness (QED) is 0.676. The maximum absolute atomic E-state index is 6.03. The lowest BCUT2D eigenvalue weighted by Gasteiger charge is -2.04. The second-order valence-corrected chi connectivity index (χ2v) is 5.65.